The summed E-state index contributed by atoms with van der Waals surface area (Å²) in [6, 6.07) is 17.8. The second kappa shape index (κ2) is 7.76. The van der Waals surface area contributed by atoms with Crippen molar-refractivity contribution < 1.29 is 4.79 Å². The van der Waals surface area contributed by atoms with E-state index in [1.165, 1.54) is 11.8 Å². The zero-order valence-corrected chi connectivity index (χ0v) is 15.3. The van der Waals surface area contributed by atoms with Crippen molar-refractivity contribution in [2.24, 2.45) is 5.73 Å². The molecule has 1 heterocycles. The van der Waals surface area contributed by atoms with Gasteiger partial charge in [0.25, 0.3) is 0 Å². The van der Waals surface area contributed by atoms with Crippen molar-refractivity contribution in [3.63, 3.8) is 0 Å². The molecule has 3 rings (SSSR count). The number of benzene rings is 2. The van der Waals surface area contributed by atoms with Gasteiger partial charge in [0.2, 0.25) is 5.91 Å². The van der Waals surface area contributed by atoms with Crippen LogP contribution in [0.2, 0.25) is 5.02 Å². The van der Waals surface area contributed by atoms with E-state index >= 15 is 0 Å². The number of nitrogens with two attached hydrogens (primary N) is 1. The first-order valence-corrected chi connectivity index (χ1v) is 9.11. The van der Waals surface area contributed by atoms with Gasteiger partial charge < -0.3 is 10.3 Å². The van der Waals surface area contributed by atoms with Crippen LogP contribution >= 0.6 is 23.4 Å². The summed E-state index contributed by atoms with van der Waals surface area (Å²) in [5, 5.41) is 1.10. The molecule has 1 unspecified atom stereocenters. The largest absolute Gasteiger partial charge is 0.369 e. The Balaban J connectivity index is 2.01. The first-order chi connectivity index (χ1) is 12.0. The molecule has 2 aromatic carbocycles. The topological polar surface area (TPSA) is 60.9 Å². The number of amides is 1. The van der Waals surface area contributed by atoms with E-state index in [2.05, 4.69) is 21.7 Å². The number of halogens is 1. The van der Waals surface area contributed by atoms with E-state index < -0.39 is 0 Å². The number of imidazole rings is 1. The van der Waals surface area contributed by atoms with Gasteiger partial charge in [-0.05, 0) is 30.2 Å². The molecule has 0 saturated heterocycles. The number of rotatable bonds is 6. The van der Waals surface area contributed by atoms with E-state index in [0.29, 0.717) is 11.6 Å². The van der Waals surface area contributed by atoms with Gasteiger partial charge in [-0.3, -0.25) is 4.79 Å². The van der Waals surface area contributed by atoms with Gasteiger partial charge in [0, 0.05) is 5.02 Å². The third-order valence-corrected chi connectivity index (χ3v) is 5.20. The summed E-state index contributed by atoms with van der Waals surface area (Å²) in [5.41, 5.74) is 8.56. The number of nitrogens with zero attached hydrogens (tertiary/aromatic N) is 2. The van der Waals surface area contributed by atoms with Crippen molar-refractivity contribution in [3.8, 4) is 11.3 Å². The summed E-state index contributed by atoms with van der Waals surface area (Å²) in [4.78, 5) is 16.0. The standard InChI is InChI=1S/C19H18ClN3OS/c1-13(18(21)24)25-19-22-11-17(15-7-9-16(20)10-8-15)23(19)12-14-5-3-2-4-6-14/h2-11,13H,12H2,1H3,(H2,21,24). The number of carbonyl (C=O) groups is 1. The van der Waals surface area contributed by atoms with Crippen LogP contribution < -0.4 is 5.73 Å². The van der Waals surface area contributed by atoms with Gasteiger partial charge in [0.15, 0.2) is 5.16 Å². The SMILES string of the molecule is CC(Sc1ncc(-c2ccc(Cl)cc2)n1Cc1ccccc1)C(N)=O. The van der Waals surface area contributed by atoms with Crippen LogP contribution in [-0.2, 0) is 11.3 Å². The van der Waals surface area contributed by atoms with E-state index in [4.69, 9.17) is 17.3 Å². The molecule has 0 spiro atoms. The Labute approximate surface area is 156 Å². The number of hydrogen-bond donors (Lipinski definition) is 1. The summed E-state index contributed by atoms with van der Waals surface area (Å²) < 4.78 is 2.10. The van der Waals surface area contributed by atoms with Crippen LogP contribution in [0.15, 0.2) is 66.0 Å². The quantitative estimate of drug-likeness (QED) is 0.660. The molecule has 25 heavy (non-hydrogen) atoms. The van der Waals surface area contributed by atoms with E-state index in [1.807, 2.05) is 48.7 Å². The maximum Gasteiger partial charge on any atom is 0.230 e. The highest BCUT2D eigenvalue weighted by Crippen LogP contribution is 2.30. The van der Waals surface area contributed by atoms with Gasteiger partial charge in [-0.25, -0.2) is 4.98 Å². The van der Waals surface area contributed by atoms with Crippen molar-refractivity contribution in [1.29, 1.82) is 0 Å². The Bertz CT molecular complexity index is 862. The Hall–Kier alpha value is -2.24. The van der Waals surface area contributed by atoms with E-state index in [1.54, 1.807) is 6.92 Å². The third kappa shape index (κ3) is 4.24. The highest BCUT2D eigenvalue weighted by atomic mass is 35.5. The summed E-state index contributed by atoms with van der Waals surface area (Å²) in [6.45, 7) is 2.45. The zero-order chi connectivity index (χ0) is 17.8. The molecule has 1 atom stereocenters. The van der Waals surface area contributed by atoms with E-state index in [-0.39, 0.29) is 11.2 Å². The maximum absolute atomic E-state index is 11.4. The average Bonchev–Trinajstić information content (AvgIpc) is 2.99. The molecule has 1 amide bonds. The van der Waals surface area contributed by atoms with Gasteiger partial charge in [-0.2, -0.15) is 0 Å². The Kier molecular flexibility index (Phi) is 5.46. The molecule has 3 aromatic rings. The predicted octanol–water partition coefficient (Wildman–Crippen LogP) is 4.22. The highest BCUT2D eigenvalue weighted by Gasteiger charge is 2.18. The molecule has 0 aliphatic carbocycles. The smallest absolute Gasteiger partial charge is 0.230 e. The molecule has 0 aliphatic heterocycles. The Morgan fingerprint density at radius 3 is 2.52 bits per heavy atom. The molecule has 128 valence electrons. The highest BCUT2D eigenvalue weighted by molar-refractivity contribution is 8.00. The van der Waals surface area contributed by atoms with Crippen molar-refractivity contribution in [2.45, 2.75) is 23.9 Å². The number of primary amides is 1. The van der Waals surface area contributed by atoms with Crippen molar-refractivity contribution in [2.75, 3.05) is 0 Å². The van der Waals surface area contributed by atoms with Crippen LogP contribution in [-0.4, -0.2) is 20.7 Å². The van der Waals surface area contributed by atoms with Crippen molar-refractivity contribution >= 4 is 29.3 Å². The number of thioether (sulfide) groups is 1. The molecule has 0 radical (unpaired) electrons. The predicted molar refractivity (Wildman–Crippen MR) is 103 cm³/mol. The average molecular weight is 372 g/mol. The molecule has 1 aromatic heterocycles. The lowest BCUT2D eigenvalue weighted by Crippen LogP contribution is -2.23. The van der Waals surface area contributed by atoms with Crippen LogP contribution in [0, 0.1) is 0 Å². The van der Waals surface area contributed by atoms with Crippen LogP contribution in [0.1, 0.15) is 12.5 Å². The monoisotopic (exact) mass is 371 g/mol. The maximum atomic E-state index is 11.4. The van der Waals surface area contributed by atoms with Crippen LogP contribution in [0.5, 0.6) is 0 Å². The van der Waals surface area contributed by atoms with E-state index in [9.17, 15) is 4.79 Å². The minimum absolute atomic E-state index is 0.352. The number of aromatic nitrogens is 2. The first kappa shape index (κ1) is 17.6. The summed E-state index contributed by atoms with van der Waals surface area (Å²) in [5.74, 6) is -0.354. The minimum atomic E-state index is -0.354. The lowest BCUT2D eigenvalue weighted by Gasteiger charge is -2.14. The first-order valence-electron chi connectivity index (χ1n) is 7.86. The minimum Gasteiger partial charge on any atom is -0.369 e. The second-order valence-corrected chi connectivity index (χ2v) is 7.41. The molecular formula is C19H18ClN3OS. The fourth-order valence-electron chi connectivity index (χ4n) is 2.44. The second-order valence-electron chi connectivity index (χ2n) is 5.67. The van der Waals surface area contributed by atoms with Crippen molar-refractivity contribution in [1.82, 2.24) is 9.55 Å². The lowest BCUT2D eigenvalue weighted by molar-refractivity contribution is -0.117. The van der Waals surface area contributed by atoms with Gasteiger partial charge in [-0.15, -0.1) is 0 Å². The van der Waals surface area contributed by atoms with Crippen molar-refractivity contribution in [3.05, 3.63) is 71.4 Å². The van der Waals surface area contributed by atoms with Crippen LogP contribution in [0.25, 0.3) is 11.3 Å². The molecule has 0 bridgehead atoms. The molecule has 0 aliphatic rings. The number of hydrogen-bond acceptors (Lipinski definition) is 3. The molecule has 0 saturated carbocycles. The molecule has 6 heteroatoms. The molecule has 4 nitrogen and oxygen atoms in total. The fraction of sp³-hybridized carbons (Fsp3) is 0.158. The fourth-order valence-corrected chi connectivity index (χ4v) is 3.40. The van der Waals surface area contributed by atoms with Crippen LogP contribution in [0.4, 0.5) is 0 Å². The van der Waals surface area contributed by atoms with Gasteiger partial charge in [0.05, 0.1) is 23.7 Å². The summed E-state index contributed by atoms with van der Waals surface area (Å²) in [6.07, 6.45) is 1.82. The molecular weight excluding hydrogens is 354 g/mol. The van der Waals surface area contributed by atoms with Gasteiger partial charge in [0.1, 0.15) is 0 Å². The van der Waals surface area contributed by atoms with Gasteiger partial charge in [-0.1, -0.05) is 65.8 Å². The summed E-state index contributed by atoms with van der Waals surface area (Å²) >= 11 is 7.37. The van der Waals surface area contributed by atoms with E-state index in [0.717, 1.165) is 22.0 Å². The summed E-state index contributed by atoms with van der Waals surface area (Å²) in [7, 11) is 0. The Morgan fingerprint density at radius 2 is 1.88 bits per heavy atom. The molecule has 2 N–H and O–H groups in total. The third-order valence-electron chi connectivity index (χ3n) is 3.83. The normalized spacial score (nSPS) is 12.1. The number of carbonyl (C=O) groups excluding carboxylic acids is 1. The van der Waals surface area contributed by atoms with Gasteiger partial charge >= 0.3 is 0 Å². The zero-order valence-electron chi connectivity index (χ0n) is 13.7. The molecule has 0 fully saturated rings. The van der Waals surface area contributed by atoms with Crippen LogP contribution in [0.3, 0.4) is 0 Å². The lowest BCUT2D eigenvalue weighted by atomic mass is 10.1. The Morgan fingerprint density at radius 1 is 1.20 bits per heavy atom.